The van der Waals surface area contributed by atoms with Crippen molar-refractivity contribution in [1.29, 1.82) is 0 Å². The van der Waals surface area contributed by atoms with E-state index >= 15 is 0 Å². The van der Waals surface area contributed by atoms with Gasteiger partial charge in [-0.2, -0.15) is 0 Å². The molecule has 0 radical (unpaired) electrons. The Hall–Kier alpha value is -3.81. The van der Waals surface area contributed by atoms with Crippen molar-refractivity contribution in [3.63, 3.8) is 0 Å². The first-order valence-corrected chi connectivity index (χ1v) is 14.5. The summed E-state index contributed by atoms with van der Waals surface area (Å²) in [4.78, 5) is 47.0. The van der Waals surface area contributed by atoms with Crippen LogP contribution in [0.4, 0.5) is 4.79 Å². The summed E-state index contributed by atoms with van der Waals surface area (Å²) in [5.74, 6) is -0.444. The first-order valence-electron chi connectivity index (χ1n) is 14.5. The van der Waals surface area contributed by atoms with Crippen LogP contribution in [0.25, 0.3) is 10.9 Å². The molecule has 1 aliphatic heterocycles. The number of carbonyl (C=O) groups is 3. The Labute approximate surface area is 242 Å². The number of piperidine rings is 1. The summed E-state index contributed by atoms with van der Waals surface area (Å²) in [5, 5.41) is 3.95. The Morgan fingerprint density at radius 2 is 1.71 bits per heavy atom. The van der Waals surface area contributed by atoms with E-state index in [1.807, 2.05) is 89.3 Å². The van der Waals surface area contributed by atoms with Crippen LogP contribution in [0.15, 0.2) is 54.7 Å². The fraction of sp³-hybridized carbons (Fsp3) is 0.485. The lowest BCUT2D eigenvalue weighted by atomic mass is 9.73. The minimum absolute atomic E-state index is 0.115. The van der Waals surface area contributed by atoms with Crippen molar-refractivity contribution < 1.29 is 19.1 Å². The summed E-state index contributed by atoms with van der Waals surface area (Å²) < 4.78 is 5.56. The van der Waals surface area contributed by atoms with Crippen LogP contribution in [0.3, 0.4) is 0 Å². The van der Waals surface area contributed by atoms with Gasteiger partial charge in [-0.25, -0.2) is 4.79 Å². The molecule has 0 bridgehead atoms. The number of H-pyrrole nitrogens is 1. The van der Waals surface area contributed by atoms with Gasteiger partial charge in [0.2, 0.25) is 11.8 Å². The van der Waals surface area contributed by atoms with Crippen molar-refractivity contribution in [3.8, 4) is 0 Å². The average Bonchev–Trinajstić information content (AvgIpc) is 3.50. The molecule has 2 aromatic carbocycles. The Morgan fingerprint density at radius 1 is 1.05 bits per heavy atom. The third-order valence-electron chi connectivity index (χ3n) is 8.82. The Balaban J connectivity index is 1.38. The molecule has 3 atom stereocenters. The van der Waals surface area contributed by atoms with Crippen molar-refractivity contribution >= 4 is 28.8 Å². The number of alkyl carbamates (subject to hydrolysis) is 1. The van der Waals surface area contributed by atoms with E-state index in [-0.39, 0.29) is 29.1 Å². The summed E-state index contributed by atoms with van der Waals surface area (Å²) in [6.07, 6.45) is 3.62. The van der Waals surface area contributed by atoms with Gasteiger partial charge in [0.15, 0.2) is 0 Å². The lowest BCUT2D eigenvalue weighted by Crippen LogP contribution is -2.55. The summed E-state index contributed by atoms with van der Waals surface area (Å²) in [7, 11) is 3.62. The molecule has 0 saturated carbocycles. The molecule has 218 valence electrons. The minimum Gasteiger partial charge on any atom is -0.444 e. The number of likely N-dealkylation sites (tertiary alicyclic amines) is 1. The van der Waals surface area contributed by atoms with E-state index in [2.05, 4.69) is 22.4 Å². The van der Waals surface area contributed by atoms with Gasteiger partial charge in [-0.1, -0.05) is 49.4 Å². The predicted molar refractivity (Wildman–Crippen MR) is 160 cm³/mol. The zero-order valence-corrected chi connectivity index (χ0v) is 25.0. The Bertz CT molecular complexity index is 1440. The quantitative estimate of drug-likeness (QED) is 0.444. The van der Waals surface area contributed by atoms with Crippen molar-refractivity contribution in [3.05, 3.63) is 71.4 Å². The summed E-state index contributed by atoms with van der Waals surface area (Å²) >= 11 is 0. The standard InChI is InChI=1S/C33H42N4O4/c1-21(25-20-34-27-14-10-8-12-23(25)27)28(35-31(40)41-32(2,3)4)30(39)37-17-15-33(16-18-37)19-24(29(38)36(5)6)22-11-7-9-13-26(22)33/h7-14,20-21,24,28,34H,15-19H2,1-6H3,(H,35,40). The van der Waals surface area contributed by atoms with Crippen molar-refractivity contribution in [2.45, 2.75) is 75.9 Å². The normalized spacial score (nSPS) is 19.5. The second-order valence-corrected chi connectivity index (χ2v) is 12.9. The molecule has 3 unspecified atom stereocenters. The summed E-state index contributed by atoms with van der Waals surface area (Å²) in [6.45, 7) is 8.52. The monoisotopic (exact) mass is 558 g/mol. The molecule has 1 spiro atoms. The van der Waals surface area contributed by atoms with Gasteiger partial charge in [0, 0.05) is 55.6 Å². The first-order chi connectivity index (χ1) is 19.4. The first kappa shape index (κ1) is 28.7. The van der Waals surface area contributed by atoms with Crippen LogP contribution >= 0.6 is 0 Å². The molecule has 1 saturated heterocycles. The molecule has 5 rings (SSSR count). The molecule has 3 aromatic rings. The summed E-state index contributed by atoms with van der Waals surface area (Å²) in [5.41, 5.74) is 3.49. The minimum atomic E-state index is -0.794. The van der Waals surface area contributed by atoms with Crippen LogP contribution in [0.1, 0.15) is 75.5 Å². The lowest BCUT2D eigenvalue weighted by molar-refractivity contribution is -0.136. The topological polar surface area (TPSA) is 94.7 Å². The number of benzene rings is 2. The number of ether oxygens (including phenoxy) is 1. The maximum absolute atomic E-state index is 14.2. The number of para-hydroxylation sites is 1. The Morgan fingerprint density at radius 3 is 2.39 bits per heavy atom. The third kappa shape index (κ3) is 5.56. The number of likely N-dealkylation sites (N-methyl/N-ethyl adjacent to an activating group) is 1. The average molecular weight is 559 g/mol. The largest absolute Gasteiger partial charge is 0.444 e. The molecule has 2 N–H and O–H groups in total. The van der Waals surface area contributed by atoms with Crippen LogP contribution in [0.2, 0.25) is 0 Å². The molecular formula is C33H42N4O4. The van der Waals surface area contributed by atoms with Crippen LogP contribution in [0.5, 0.6) is 0 Å². The van der Waals surface area contributed by atoms with Crippen molar-refractivity contribution in [2.24, 2.45) is 0 Å². The summed E-state index contributed by atoms with van der Waals surface area (Å²) in [6, 6.07) is 15.5. The third-order valence-corrected chi connectivity index (χ3v) is 8.82. The van der Waals surface area contributed by atoms with E-state index in [0.717, 1.165) is 41.3 Å². The van der Waals surface area contributed by atoms with Gasteiger partial charge in [0.05, 0.1) is 5.92 Å². The van der Waals surface area contributed by atoms with E-state index in [0.29, 0.717) is 13.1 Å². The highest BCUT2D eigenvalue weighted by atomic mass is 16.6. The second kappa shape index (κ2) is 10.9. The van der Waals surface area contributed by atoms with Crippen LogP contribution in [-0.4, -0.2) is 71.5 Å². The van der Waals surface area contributed by atoms with E-state index in [1.54, 1.807) is 4.90 Å². The van der Waals surface area contributed by atoms with Gasteiger partial charge < -0.3 is 24.8 Å². The molecule has 2 aliphatic rings. The van der Waals surface area contributed by atoms with Gasteiger partial charge in [0.1, 0.15) is 11.6 Å². The SMILES string of the molecule is CC(c1c[nH]c2ccccc12)C(NC(=O)OC(C)(C)C)C(=O)N1CCC2(CC1)CC(C(=O)N(C)C)c1ccccc12. The molecule has 1 aliphatic carbocycles. The van der Waals surface area contributed by atoms with Gasteiger partial charge in [-0.3, -0.25) is 9.59 Å². The molecule has 1 fully saturated rings. The number of nitrogens with zero attached hydrogens (tertiary/aromatic N) is 2. The molecule has 3 amide bonds. The van der Waals surface area contributed by atoms with E-state index in [9.17, 15) is 14.4 Å². The number of hydrogen-bond acceptors (Lipinski definition) is 4. The highest BCUT2D eigenvalue weighted by Gasteiger charge is 2.49. The van der Waals surface area contributed by atoms with Crippen LogP contribution in [-0.2, 0) is 19.7 Å². The van der Waals surface area contributed by atoms with Gasteiger partial charge >= 0.3 is 6.09 Å². The van der Waals surface area contributed by atoms with Crippen molar-refractivity contribution in [2.75, 3.05) is 27.2 Å². The number of fused-ring (bicyclic) bond motifs is 3. The number of carbonyl (C=O) groups excluding carboxylic acids is 3. The van der Waals surface area contributed by atoms with Crippen LogP contribution in [0, 0.1) is 0 Å². The predicted octanol–water partition coefficient (Wildman–Crippen LogP) is 5.30. The maximum atomic E-state index is 14.2. The molecule has 1 aromatic heterocycles. The van der Waals surface area contributed by atoms with E-state index in [1.165, 1.54) is 5.56 Å². The molecule has 41 heavy (non-hydrogen) atoms. The van der Waals surface area contributed by atoms with Crippen LogP contribution < -0.4 is 5.32 Å². The molecule has 8 heteroatoms. The zero-order chi connectivity index (χ0) is 29.5. The highest BCUT2D eigenvalue weighted by Crippen LogP contribution is 2.52. The van der Waals surface area contributed by atoms with E-state index < -0.39 is 17.7 Å². The zero-order valence-electron chi connectivity index (χ0n) is 25.0. The Kier molecular flexibility index (Phi) is 7.62. The molecular weight excluding hydrogens is 516 g/mol. The number of aromatic amines is 1. The second-order valence-electron chi connectivity index (χ2n) is 12.9. The lowest BCUT2D eigenvalue weighted by Gasteiger charge is -2.42. The van der Waals surface area contributed by atoms with Gasteiger partial charge in [-0.05, 0) is 62.8 Å². The number of nitrogens with one attached hydrogen (secondary N) is 2. The number of rotatable bonds is 5. The smallest absolute Gasteiger partial charge is 0.408 e. The fourth-order valence-electron chi connectivity index (χ4n) is 6.74. The maximum Gasteiger partial charge on any atom is 0.408 e. The van der Waals surface area contributed by atoms with Gasteiger partial charge in [0.25, 0.3) is 0 Å². The molecule has 8 nitrogen and oxygen atoms in total. The van der Waals surface area contributed by atoms with Gasteiger partial charge in [-0.15, -0.1) is 0 Å². The molecule has 2 heterocycles. The highest BCUT2D eigenvalue weighted by molar-refractivity contribution is 5.90. The number of aromatic nitrogens is 1. The number of hydrogen-bond donors (Lipinski definition) is 2. The van der Waals surface area contributed by atoms with Crippen molar-refractivity contribution in [1.82, 2.24) is 20.1 Å². The number of amides is 3. The van der Waals surface area contributed by atoms with E-state index in [4.69, 9.17) is 4.74 Å². The fourth-order valence-corrected chi connectivity index (χ4v) is 6.74.